The summed E-state index contributed by atoms with van der Waals surface area (Å²) in [6.07, 6.45) is 1.87. The zero-order valence-electron chi connectivity index (χ0n) is 8.33. The number of benzene rings is 1. The Labute approximate surface area is 80.1 Å². The fourth-order valence-electron chi connectivity index (χ4n) is 1.69. The molecule has 0 atom stereocenters. The Morgan fingerprint density at radius 3 is 2.69 bits per heavy atom. The van der Waals surface area contributed by atoms with E-state index < -0.39 is 0 Å². The molecule has 0 N–H and O–H groups in total. The molecule has 0 fully saturated rings. The van der Waals surface area contributed by atoms with Crippen molar-refractivity contribution in [2.24, 2.45) is 4.99 Å². The van der Waals surface area contributed by atoms with Crippen molar-refractivity contribution in [3.63, 3.8) is 0 Å². The monoisotopic (exact) mass is 170 g/mol. The third-order valence-corrected chi connectivity index (χ3v) is 2.35. The van der Waals surface area contributed by atoms with E-state index in [0.717, 1.165) is 5.69 Å². The van der Waals surface area contributed by atoms with E-state index in [0.29, 0.717) is 0 Å². The molecule has 0 aliphatic carbocycles. The van der Waals surface area contributed by atoms with Crippen LogP contribution in [0.2, 0.25) is 0 Å². The zero-order chi connectivity index (χ0) is 9.47. The van der Waals surface area contributed by atoms with Gasteiger partial charge in [0, 0.05) is 0 Å². The van der Waals surface area contributed by atoms with Crippen molar-refractivity contribution in [1.82, 2.24) is 0 Å². The highest BCUT2D eigenvalue weighted by atomic mass is 14.7. The Kier molecular flexibility index (Phi) is 1.79. The van der Waals surface area contributed by atoms with Gasteiger partial charge in [0.1, 0.15) is 0 Å². The summed E-state index contributed by atoms with van der Waals surface area (Å²) in [6, 6.07) is 6.32. The second kappa shape index (κ2) is 2.73. The van der Waals surface area contributed by atoms with Gasteiger partial charge in [-0.3, -0.25) is 4.99 Å². The molecule has 65 valence electrons. The number of nitrogens with zero attached hydrogens (tertiary/aromatic N) is 1. The molecule has 0 unspecified atom stereocenters. The molecule has 2 heteroatoms. The van der Waals surface area contributed by atoms with E-state index in [2.05, 4.69) is 51.2 Å². The van der Waals surface area contributed by atoms with Gasteiger partial charge >= 0.3 is 0 Å². The molecule has 1 aromatic rings. The van der Waals surface area contributed by atoms with Crippen LogP contribution in [0, 0.1) is 0 Å². The van der Waals surface area contributed by atoms with E-state index in [1.165, 1.54) is 11.0 Å². The lowest BCUT2D eigenvalue weighted by molar-refractivity contribution is 0.594. The van der Waals surface area contributed by atoms with Crippen LogP contribution in [-0.2, 0) is 5.41 Å². The molecule has 2 rings (SSSR count). The molecular formula is C11H13BN. The second-order valence-corrected chi connectivity index (χ2v) is 4.43. The van der Waals surface area contributed by atoms with E-state index in [1.807, 2.05) is 6.11 Å². The van der Waals surface area contributed by atoms with Crippen LogP contribution in [0.5, 0.6) is 0 Å². The van der Waals surface area contributed by atoms with Gasteiger partial charge in [0.25, 0.3) is 0 Å². The second-order valence-electron chi connectivity index (χ2n) is 4.43. The number of hydrogen-bond donors (Lipinski definition) is 0. The lowest BCUT2D eigenvalue weighted by Gasteiger charge is -2.22. The van der Waals surface area contributed by atoms with Gasteiger partial charge in [-0.25, -0.2) is 0 Å². The summed E-state index contributed by atoms with van der Waals surface area (Å²) in [7, 11) is 2.09. The van der Waals surface area contributed by atoms with Crippen molar-refractivity contribution in [2.45, 2.75) is 26.2 Å². The molecule has 0 spiro atoms. The van der Waals surface area contributed by atoms with Crippen LogP contribution < -0.4 is 5.46 Å². The van der Waals surface area contributed by atoms with Crippen molar-refractivity contribution in [3.05, 3.63) is 23.8 Å². The Hall–Kier alpha value is -1.05. The van der Waals surface area contributed by atoms with Gasteiger partial charge in [-0.05, 0) is 23.2 Å². The minimum Gasteiger partial charge on any atom is -0.272 e. The lowest BCUT2D eigenvalue weighted by Crippen LogP contribution is -2.26. The zero-order valence-corrected chi connectivity index (χ0v) is 8.33. The van der Waals surface area contributed by atoms with Crippen molar-refractivity contribution in [3.8, 4) is 0 Å². The van der Waals surface area contributed by atoms with Crippen LogP contribution in [0.1, 0.15) is 26.3 Å². The molecule has 1 aromatic carbocycles. The van der Waals surface area contributed by atoms with Crippen LogP contribution in [-0.4, -0.2) is 13.4 Å². The van der Waals surface area contributed by atoms with E-state index >= 15 is 0 Å². The highest BCUT2D eigenvalue weighted by Crippen LogP contribution is 2.24. The van der Waals surface area contributed by atoms with Gasteiger partial charge in [-0.1, -0.05) is 38.4 Å². The fourth-order valence-corrected chi connectivity index (χ4v) is 1.69. The first-order valence-corrected chi connectivity index (χ1v) is 4.60. The number of fused-ring (bicyclic) bond motifs is 1. The summed E-state index contributed by atoms with van der Waals surface area (Å²) in [4.78, 5) is 4.29. The summed E-state index contributed by atoms with van der Waals surface area (Å²) >= 11 is 0. The average molecular weight is 170 g/mol. The fraction of sp³-hybridized carbons (Fsp3) is 0.364. The first-order valence-electron chi connectivity index (χ1n) is 4.60. The number of rotatable bonds is 0. The van der Waals surface area contributed by atoms with Crippen LogP contribution in [0.15, 0.2) is 23.2 Å². The standard InChI is InChI=1S/C11H13BN/c1-11(2,3)8-5-4-6-9-10(8)12-7-13-9/h4-7H,1-3H3. The minimum absolute atomic E-state index is 0.204. The van der Waals surface area contributed by atoms with Crippen molar-refractivity contribution >= 4 is 24.5 Å². The normalized spacial score (nSPS) is 14.1. The first-order chi connectivity index (χ1) is 6.09. The van der Waals surface area contributed by atoms with Crippen LogP contribution in [0.25, 0.3) is 0 Å². The Morgan fingerprint density at radius 2 is 2.00 bits per heavy atom. The minimum atomic E-state index is 0.204. The maximum absolute atomic E-state index is 4.29. The van der Waals surface area contributed by atoms with E-state index in [9.17, 15) is 0 Å². The number of aliphatic imine (C=N–C) groups is 1. The molecule has 0 saturated carbocycles. The molecule has 0 amide bonds. The van der Waals surface area contributed by atoms with E-state index in [1.54, 1.807) is 0 Å². The largest absolute Gasteiger partial charge is 0.272 e. The van der Waals surface area contributed by atoms with Crippen molar-refractivity contribution in [1.29, 1.82) is 0 Å². The lowest BCUT2D eigenvalue weighted by atomic mass is 9.66. The topological polar surface area (TPSA) is 12.4 Å². The highest BCUT2D eigenvalue weighted by Gasteiger charge is 2.21. The molecule has 1 aliphatic rings. The van der Waals surface area contributed by atoms with Crippen LogP contribution in [0.3, 0.4) is 0 Å². The molecule has 1 heterocycles. The number of hydrogen-bond acceptors (Lipinski definition) is 1. The van der Waals surface area contributed by atoms with Gasteiger partial charge in [-0.2, -0.15) is 0 Å². The smallest absolute Gasteiger partial charge is 0.210 e. The quantitative estimate of drug-likeness (QED) is 0.528. The predicted molar refractivity (Wildman–Crippen MR) is 58.7 cm³/mol. The molecule has 0 saturated heterocycles. The summed E-state index contributed by atoms with van der Waals surface area (Å²) in [5.74, 6) is 0. The van der Waals surface area contributed by atoms with Gasteiger partial charge in [0.2, 0.25) is 7.28 Å². The van der Waals surface area contributed by atoms with Crippen LogP contribution >= 0.6 is 0 Å². The van der Waals surface area contributed by atoms with E-state index in [-0.39, 0.29) is 5.41 Å². The van der Waals surface area contributed by atoms with Crippen LogP contribution in [0.4, 0.5) is 5.69 Å². The molecular weight excluding hydrogens is 157 g/mol. The molecule has 1 nitrogen and oxygen atoms in total. The summed E-state index contributed by atoms with van der Waals surface area (Å²) in [6.45, 7) is 6.69. The highest BCUT2D eigenvalue weighted by molar-refractivity contribution is 6.82. The Morgan fingerprint density at radius 1 is 1.23 bits per heavy atom. The summed E-state index contributed by atoms with van der Waals surface area (Å²) in [5, 5.41) is 0. The average Bonchev–Trinajstić information content (AvgIpc) is 2.48. The Balaban J connectivity index is 2.57. The van der Waals surface area contributed by atoms with Gasteiger partial charge in [0.05, 0.1) is 5.69 Å². The van der Waals surface area contributed by atoms with E-state index in [4.69, 9.17) is 0 Å². The summed E-state index contributed by atoms with van der Waals surface area (Å²) in [5.41, 5.74) is 3.97. The summed E-state index contributed by atoms with van der Waals surface area (Å²) < 4.78 is 0. The molecule has 1 aliphatic heterocycles. The third kappa shape index (κ3) is 1.41. The Bertz CT molecular complexity index is 361. The SMILES string of the molecule is CC(C)(C)c1cccc2c1[B]C=N2. The predicted octanol–water partition coefficient (Wildman–Crippen LogP) is 1.99. The van der Waals surface area contributed by atoms with Gasteiger partial charge in [0.15, 0.2) is 0 Å². The molecule has 13 heavy (non-hydrogen) atoms. The van der Waals surface area contributed by atoms with Crippen molar-refractivity contribution < 1.29 is 0 Å². The first kappa shape index (κ1) is 8.55. The van der Waals surface area contributed by atoms with Gasteiger partial charge in [-0.15, -0.1) is 0 Å². The maximum atomic E-state index is 4.29. The third-order valence-electron chi connectivity index (χ3n) is 2.35. The van der Waals surface area contributed by atoms with Gasteiger partial charge < -0.3 is 0 Å². The molecule has 0 aromatic heterocycles. The maximum Gasteiger partial charge on any atom is 0.210 e. The molecule has 0 bridgehead atoms. The molecule has 1 radical (unpaired) electrons. The van der Waals surface area contributed by atoms with Crippen molar-refractivity contribution in [2.75, 3.05) is 0 Å².